The van der Waals surface area contributed by atoms with Gasteiger partial charge in [0, 0.05) is 19.3 Å². The van der Waals surface area contributed by atoms with Gasteiger partial charge in [0.15, 0.2) is 0 Å². The van der Waals surface area contributed by atoms with E-state index in [-0.39, 0.29) is 30.6 Å². The van der Waals surface area contributed by atoms with Gasteiger partial charge < -0.3 is 15.2 Å². The standard InChI is InChI=1S/C13H17ClFNO4S.ClH/c1-21(18,19)8-13(17)7-16-4-5-20-12(13)9-2-3-10(14)11(15)6-9;/h2-3,6,12,16-17H,4-5,7-8H2,1H3;1H. The minimum atomic E-state index is -3.45. The summed E-state index contributed by atoms with van der Waals surface area (Å²) in [5, 5.41) is 13.6. The van der Waals surface area contributed by atoms with Gasteiger partial charge in [0.2, 0.25) is 0 Å². The summed E-state index contributed by atoms with van der Waals surface area (Å²) in [6.07, 6.45) is 0.0871. The lowest BCUT2D eigenvalue weighted by Gasteiger charge is -2.33. The van der Waals surface area contributed by atoms with Gasteiger partial charge in [0.25, 0.3) is 0 Å². The van der Waals surface area contributed by atoms with Crippen LogP contribution >= 0.6 is 24.0 Å². The zero-order chi connectivity index (χ0) is 15.7. The van der Waals surface area contributed by atoms with Crippen molar-refractivity contribution in [3.8, 4) is 0 Å². The molecule has 2 atom stereocenters. The van der Waals surface area contributed by atoms with Gasteiger partial charge >= 0.3 is 0 Å². The maximum Gasteiger partial charge on any atom is 0.150 e. The third-order valence-corrected chi connectivity index (χ3v) is 4.57. The Hall–Kier alpha value is -0.440. The summed E-state index contributed by atoms with van der Waals surface area (Å²) in [5.74, 6) is -1.13. The molecule has 1 saturated heterocycles. The summed E-state index contributed by atoms with van der Waals surface area (Å²) < 4.78 is 42.3. The molecule has 0 aromatic heterocycles. The zero-order valence-corrected chi connectivity index (χ0v) is 14.3. The van der Waals surface area contributed by atoms with Crippen molar-refractivity contribution >= 4 is 33.8 Å². The van der Waals surface area contributed by atoms with Gasteiger partial charge in [0.1, 0.15) is 27.4 Å². The summed E-state index contributed by atoms with van der Waals surface area (Å²) >= 11 is 5.64. The van der Waals surface area contributed by atoms with E-state index in [2.05, 4.69) is 5.32 Å². The van der Waals surface area contributed by atoms with Crippen molar-refractivity contribution in [1.29, 1.82) is 0 Å². The van der Waals surface area contributed by atoms with E-state index in [0.717, 1.165) is 12.3 Å². The van der Waals surface area contributed by atoms with Crippen molar-refractivity contribution in [1.82, 2.24) is 5.32 Å². The number of hydrogen-bond donors (Lipinski definition) is 2. The summed E-state index contributed by atoms with van der Waals surface area (Å²) in [5.41, 5.74) is -1.32. The van der Waals surface area contributed by atoms with Crippen molar-refractivity contribution in [2.75, 3.05) is 31.7 Å². The fourth-order valence-electron chi connectivity index (χ4n) is 2.46. The molecule has 1 aliphatic heterocycles. The quantitative estimate of drug-likeness (QED) is 0.835. The van der Waals surface area contributed by atoms with Crippen LogP contribution in [0.4, 0.5) is 4.39 Å². The number of β-amino-alcohol motifs (C(OH)–C–C–N with tert-alkyl or cyclic N) is 1. The Kier molecular flexibility index (Phi) is 6.61. The maximum atomic E-state index is 13.6. The first-order chi connectivity index (χ1) is 9.71. The Bertz CT molecular complexity index is 628. The first-order valence-corrected chi connectivity index (χ1v) is 8.82. The van der Waals surface area contributed by atoms with Gasteiger partial charge in [-0.05, 0) is 17.7 Å². The minimum absolute atomic E-state index is 0. The number of halogens is 3. The van der Waals surface area contributed by atoms with Crippen molar-refractivity contribution in [3.05, 3.63) is 34.6 Å². The molecule has 2 unspecified atom stereocenters. The number of hydrogen-bond acceptors (Lipinski definition) is 5. The molecule has 2 N–H and O–H groups in total. The maximum absolute atomic E-state index is 13.6. The highest BCUT2D eigenvalue weighted by Crippen LogP contribution is 2.33. The molecule has 0 radical (unpaired) electrons. The molecular formula is C13H18Cl2FNO4S. The molecule has 1 heterocycles. The molecule has 1 aromatic carbocycles. The molecule has 0 aliphatic carbocycles. The fourth-order valence-corrected chi connectivity index (χ4v) is 3.74. The van der Waals surface area contributed by atoms with Crippen LogP contribution in [0.1, 0.15) is 11.7 Å². The van der Waals surface area contributed by atoms with Crippen LogP contribution in [0.25, 0.3) is 0 Å². The highest BCUT2D eigenvalue weighted by atomic mass is 35.5. The van der Waals surface area contributed by atoms with Crippen LogP contribution in [-0.4, -0.2) is 50.8 Å². The molecule has 1 fully saturated rings. The third kappa shape index (κ3) is 4.78. The van der Waals surface area contributed by atoms with E-state index in [1.54, 1.807) is 0 Å². The van der Waals surface area contributed by atoms with Crippen molar-refractivity contribution < 1.29 is 22.7 Å². The molecule has 5 nitrogen and oxygen atoms in total. The fraction of sp³-hybridized carbons (Fsp3) is 0.538. The van der Waals surface area contributed by atoms with Gasteiger partial charge in [-0.15, -0.1) is 12.4 Å². The average molecular weight is 374 g/mol. The number of aliphatic hydroxyl groups is 1. The largest absolute Gasteiger partial charge is 0.384 e. The van der Waals surface area contributed by atoms with Gasteiger partial charge in [0.05, 0.1) is 17.4 Å². The lowest BCUT2D eigenvalue weighted by molar-refractivity contribution is -0.0813. The van der Waals surface area contributed by atoms with Crippen molar-refractivity contribution in [2.45, 2.75) is 11.7 Å². The van der Waals surface area contributed by atoms with Crippen molar-refractivity contribution in [2.24, 2.45) is 0 Å². The topological polar surface area (TPSA) is 75.6 Å². The van der Waals surface area contributed by atoms with Crippen LogP contribution in [0.2, 0.25) is 5.02 Å². The van der Waals surface area contributed by atoms with Crippen LogP contribution in [0.15, 0.2) is 18.2 Å². The Morgan fingerprint density at radius 1 is 1.55 bits per heavy atom. The molecule has 126 valence electrons. The molecule has 2 rings (SSSR count). The van der Waals surface area contributed by atoms with Crippen LogP contribution in [-0.2, 0) is 14.6 Å². The highest BCUT2D eigenvalue weighted by Gasteiger charge is 2.42. The highest BCUT2D eigenvalue weighted by molar-refractivity contribution is 7.90. The molecular weight excluding hydrogens is 356 g/mol. The predicted molar refractivity (Wildman–Crippen MR) is 84.9 cm³/mol. The van der Waals surface area contributed by atoms with E-state index in [1.165, 1.54) is 12.1 Å². The predicted octanol–water partition coefficient (Wildman–Crippen LogP) is 1.34. The number of rotatable bonds is 3. The number of sulfone groups is 1. The average Bonchev–Trinajstić information content (AvgIpc) is 2.52. The number of nitrogens with one attached hydrogen (secondary N) is 1. The molecule has 0 spiro atoms. The monoisotopic (exact) mass is 373 g/mol. The van der Waals surface area contributed by atoms with E-state index in [9.17, 15) is 17.9 Å². The van der Waals surface area contributed by atoms with Gasteiger partial charge in [-0.25, -0.2) is 12.8 Å². The molecule has 0 bridgehead atoms. The molecule has 0 amide bonds. The molecule has 22 heavy (non-hydrogen) atoms. The molecule has 0 saturated carbocycles. The summed E-state index contributed by atoms with van der Waals surface area (Å²) in [4.78, 5) is 0. The Labute approximate surface area is 140 Å². The van der Waals surface area contributed by atoms with E-state index in [0.29, 0.717) is 12.1 Å². The van der Waals surface area contributed by atoms with Gasteiger partial charge in [-0.2, -0.15) is 0 Å². The van der Waals surface area contributed by atoms with Crippen LogP contribution in [0, 0.1) is 5.82 Å². The summed E-state index contributed by atoms with van der Waals surface area (Å²) in [7, 11) is -3.45. The normalized spacial score (nSPS) is 26.1. The third-order valence-electron chi connectivity index (χ3n) is 3.24. The first-order valence-electron chi connectivity index (χ1n) is 6.39. The van der Waals surface area contributed by atoms with Crippen molar-refractivity contribution in [3.63, 3.8) is 0 Å². The lowest BCUT2D eigenvalue weighted by atomic mass is 9.92. The Morgan fingerprint density at radius 3 is 2.82 bits per heavy atom. The zero-order valence-electron chi connectivity index (χ0n) is 11.9. The van der Waals surface area contributed by atoms with E-state index in [4.69, 9.17) is 16.3 Å². The first kappa shape index (κ1) is 19.6. The number of ether oxygens (including phenoxy) is 1. The van der Waals surface area contributed by atoms with E-state index < -0.39 is 33.1 Å². The summed E-state index contributed by atoms with van der Waals surface area (Å²) in [6.45, 7) is 0.786. The SMILES string of the molecule is CS(=O)(=O)CC1(O)CNCCOC1c1ccc(Cl)c(F)c1.Cl. The smallest absolute Gasteiger partial charge is 0.150 e. The number of benzene rings is 1. The van der Waals surface area contributed by atoms with Gasteiger partial charge in [-0.1, -0.05) is 17.7 Å². The Balaban J connectivity index is 0.00000242. The van der Waals surface area contributed by atoms with Crippen LogP contribution < -0.4 is 5.32 Å². The lowest BCUT2D eigenvalue weighted by Crippen LogP contribution is -2.49. The second kappa shape index (κ2) is 7.42. The van der Waals surface area contributed by atoms with E-state index >= 15 is 0 Å². The molecule has 1 aliphatic rings. The molecule has 1 aromatic rings. The second-order valence-electron chi connectivity index (χ2n) is 5.27. The van der Waals surface area contributed by atoms with E-state index in [1.807, 2.05) is 0 Å². The summed E-state index contributed by atoms with van der Waals surface area (Å²) in [6, 6.07) is 4.04. The Morgan fingerprint density at radius 2 is 2.23 bits per heavy atom. The second-order valence-corrected chi connectivity index (χ2v) is 7.82. The van der Waals surface area contributed by atoms with Crippen LogP contribution in [0.5, 0.6) is 0 Å². The van der Waals surface area contributed by atoms with Gasteiger partial charge in [-0.3, -0.25) is 0 Å². The molecule has 9 heteroatoms. The van der Waals surface area contributed by atoms with Crippen LogP contribution in [0.3, 0.4) is 0 Å². The minimum Gasteiger partial charge on any atom is -0.384 e.